The molecule has 0 aliphatic rings. The molecule has 0 saturated carbocycles. The Kier molecular flexibility index (Phi) is 4.11. The SMILES string of the molecule is CCCCCCC(C)(C)c1cn[nH]n1. The van der Waals surface area contributed by atoms with Gasteiger partial charge in [0.15, 0.2) is 0 Å². The Balaban J connectivity index is 2.35. The van der Waals surface area contributed by atoms with Gasteiger partial charge in [-0.2, -0.15) is 15.4 Å². The van der Waals surface area contributed by atoms with E-state index in [1.165, 1.54) is 32.1 Å². The van der Waals surface area contributed by atoms with Crippen LogP contribution in [-0.4, -0.2) is 15.4 Å². The monoisotopic (exact) mass is 195 g/mol. The number of hydrogen-bond acceptors (Lipinski definition) is 2. The second kappa shape index (κ2) is 5.13. The molecule has 3 heteroatoms. The van der Waals surface area contributed by atoms with Crippen molar-refractivity contribution in [3.05, 3.63) is 11.9 Å². The molecule has 0 bridgehead atoms. The van der Waals surface area contributed by atoms with Crippen LogP contribution in [0.5, 0.6) is 0 Å². The molecule has 0 atom stereocenters. The van der Waals surface area contributed by atoms with Crippen molar-refractivity contribution in [2.75, 3.05) is 0 Å². The fourth-order valence-electron chi connectivity index (χ4n) is 1.65. The molecule has 3 nitrogen and oxygen atoms in total. The molecular formula is C11H21N3. The smallest absolute Gasteiger partial charge is 0.0880 e. The fourth-order valence-corrected chi connectivity index (χ4v) is 1.65. The maximum Gasteiger partial charge on any atom is 0.0880 e. The Morgan fingerprint density at radius 2 is 2.07 bits per heavy atom. The number of hydrogen-bond donors (Lipinski definition) is 1. The Hall–Kier alpha value is -0.860. The molecule has 0 aliphatic heterocycles. The third kappa shape index (κ3) is 3.13. The summed E-state index contributed by atoms with van der Waals surface area (Å²) in [5.74, 6) is 0. The summed E-state index contributed by atoms with van der Waals surface area (Å²) in [7, 11) is 0. The maximum atomic E-state index is 4.15. The minimum Gasteiger partial charge on any atom is -0.198 e. The largest absolute Gasteiger partial charge is 0.198 e. The molecule has 1 aromatic rings. The van der Waals surface area contributed by atoms with Crippen molar-refractivity contribution in [1.29, 1.82) is 0 Å². The molecule has 0 aromatic carbocycles. The van der Waals surface area contributed by atoms with E-state index in [1.807, 2.05) is 6.20 Å². The van der Waals surface area contributed by atoms with E-state index in [4.69, 9.17) is 0 Å². The van der Waals surface area contributed by atoms with Gasteiger partial charge < -0.3 is 0 Å². The Morgan fingerprint density at radius 1 is 1.29 bits per heavy atom. The van der Waals surface area contributed by atoms with E-state index in [0.717, 1.165) is 5.69 Å². The van der Waals surface area contributed by atoms with Crippen LogP contribution in [0.4, 0.5) is 0 Å². The highest BCUT2D eigenvalue weighted by molar-refractivity contribution is 5.07. The summed E-state index contributed by atoms with van der Waals surface area (Å²) in [5.41, 5.74) is 1.25. The minimum atomic E-state index is 0.167. The maximum absolute atomic E-state index is 4.15. The van der Waals surface area contributed by atoms with Crippen LogP contribution in [0.2, 0.25) is 0 Å². The molecule has 0 aliphatic carbocycles. The number of aromatic nitrogens is 3. The molecule has 0 saturated heterocycles. The topological polar surface area (TPSA) is 41.6 Å². The Labute approximate surface area is 86.3 Å². The first-order valence-corrected chi connectivity index (χ1v) is 5.53. The first kappa shape index (κ1) is 11.2. The third-order valence-electron chi connectivity index (χ3n) is 2.76. The van der Waals surface area contributed by atoms with E-state index in [0.29, 0.717) is 0 Å². The van der Waals surface area contributed by atoms with E-state index in [-0.39, 0.29) is 5.41 Å². The lowest BCUT2D eigenvalue weighted by Crippen LogP contribution is -2.17. The molecule has 14 heavy (non-hydrogen) atoms. The molecule has 1 rings (SSSR count). The highest BCUT2D eigenvalue weighted by Crippen LogP contribution is 2.26. The van der Waals surface area contributed by atoms with E-state index in [1.54, 1.807) is 0 Å². The first-order valence-electron chi connectivity index (χ1n) is 5.53. The van der Waals surface area contributed by atoms with Crippen LogP contribution in [-0.2, 0) is 5.41 Å². The summed E-state index contributed by atoms with van der Waals surface area (Å²) in [6.07, 6.45) is 8.28. The van der Waals surface area contributed by atoms with Crippen LogP contribution in [0.25, 0.3) is 0 Å². The number of H-pyrrole nitrogens is 1. The van der Waals surface area contributed by atoms with Crippen LogP contribution < -0.4 is 0 Å². The second-order valence-electron chi connectivity index (χ2n) is 4.55. The van der Waals surface area contributed by atoms with Gasteiger partial charge in [0, 0.05) is 5.41 Å². The van der Waals surface area contributed by atoms with Crippen molar-refractivity contribution in [3.63, 3.8) is 0 Å². The lowest BCUT2D eigenvalue weighted by atomic mass is 9.84. The molecule has 0 amide bonds. The van der Waals surface area contributed by atoms with E-state index >= 15 is 0 Å². The normalized spacial score (nSPS) is 11.9. The van der Waals surface area contributed by atoms with Crippen molar-refractivity contribution < 1.29 is 0 Å². The average Bonchev–Trinajstić information content (AvgIpc) is 2.65. The number of aromatic amines is 1. The predicted octanol–water partition coefficient (Wildman–Crippen LogP) is 3.05. The van der Waals surface area contributed by atoms with Crippen molar-refractivity contribution in [2.45, 2.75) is 58.3 Å². The zero-order chi connectivity index (χ0) is 10.4. The molecule has 0 spiro atoms. The van der Waals surface area contributed by atoms with Gasteiger partial charge in [0.2, 0.25) is 0 Å². The third-order valence-corrected chi connectivity index (χ3v) is 2.76. The number of rotatable bonds is 6. The van der Waals surface area contributed by atoms with Gasteiger partial charge in [-0.3, -0.25) is 0 Å². The number of nitrogens with zero attached hydrogens (tertiary/aromatic N) is 2. The fraction of sp³-hybridized carbons (Fsp3) is 0.818. The van der Waals surface area contributed by atoms with Gasteiger partial charge in [-0.15, -0.1) is 0 Å². The van der Waals surface area contributed by atoms with Crippen LogP contribution in [0.3, 0.4) is 0 Å². The summed E-state index contributed by atoms with van der Waals surface area (Å²) < 4.78 is 0. The minimum absolute atomic E-state index is 0.167. The van der Waals surface area contributed by atoms with Crippen LogP contribution in [0.1, 0.15) is 58.6 Å². The predicted molar refractivity (Wildman–Crippen MR) is 58.2 cm³/mol. The van der Waals surface area contributed by atoms with Crippen molar-refractivity contribution in [2.24, 2.45) is 0 Å². The molecule has 0 radical (unpaired) electrons. The summed E-state index contributed by atoms with van der Waals surface area (Å²) in [4.78, 5) is 0. The van der Waals surface area contributed by atoms with Crippen molar-refractivity contribution >= 4 is 0 Å². The second-order valence-corrected chi connectivity index (χ2v) is 4.55. The van der Waals surface area contributed by atoms with Gasteiger partial charge in [-0.25, -0.2) is 0 Å². The summed E-state index contributed by atoms with van der Waals surface area (Å²) >= 11 is 0. The molecule has 80 valence electrons. The number of unbranched alkanes of at least 4 members (excludes halogenated alkanes) is 3. The van der Waals surface area contributed by atoms with Crippen LogP contribution >= 0.6 is 0 Å². The summed E-state index contributed by atoms with van der Waals surface area (Å²) in [5, 5.41) is 10.7. The highest BCUT2D eigenvalue weighted by Gasteiger charge is 2.22. The molecule has 1 N–H and O–H groups in total. The van der Waals surface area contributed by atoms with Gasteiger partial charge >= 0.3 is 0 Å². The molecular weight excluding hydrogens is 174 g/mol. The van der Waals surface area contributed by atoms with Crippen LogP contribution in [0, 0.1) is 0 Å². The Bertz CT molecular complexity index is 239. The van der Waals surface area contributed by atoms with E-state index < -0.39 is 0 Å². The molecule has 0 unspecified atom stereocenters. The highest BCUT2D eigenvalue weighted by atomic mass is 15.3. The van der Waals surface area contributed by atoms with Gasteiger partial charge in [-0.1, -0.05) is 46.5 Å². The first-order chi connectivity index (χ1) is 6.67. The molecule has 1 heterocycles. The zero-order valence-corrected chi connectivity index (χ0v) is 9.51. The van der Waals surface area contributed by atoms with Crippen molar-refractivity contribution in [3.8, 4) is 0 Å². The van der Waals surface area contributed by atoms with Crippen molar-refractivity contribution in [1.82, 2.24) is 15.4 Å². The quantitative estimate of drug-likeness (QED) is 0.709. The standard InChI is InChI=1S/C11H21N3/c1-4-5-6-7-8-11(2,3)10-9-12-14-13-10/h9H,4-8H2,1-3H3,(H,12,13,14). The summed E-state index contributed by atoms with van der Waals surface area (Å²) in [6.45, 7) is 6.70. The van der Waals surface area contributed by atoms with E-state index in [9.17, 15) is 0 Å². The van der Waals surface area contributed by atoms with Gasteiger partial charge in [-0.05, 0) is 6.42 Å². The zero-order valence-electron chi connectivity index (χ0n) is 9.51. The number of nitrogens with one attached hydrogen (secondary N) is 1. The lowest BCUT2D eigenvalue weighted by Gasteiger charge is -2.21. The molecule has 0 fully saturated rings. The van der Waals surface area contributed by atoms with Gasteiger partial charge in [0.1, 0.15) is 0 Å². The van der Waals surface area contributed by atoms with E-state index in [2.05, 4.69) is 36.2 Å². The lowest BCUT2D eigenvalue weighted by molar-refractivity contribution is 0.434. The van der Waals surface area contributed by atoms with Crippen LogP contribution in [0.15, 0.2) is 6.20 Å². The molecule has 1 aromatic heterocycles. The Morgan fingerprint density at radius 3 is 2.64 bits per heavy atom. The average molecular weight is 195 g/mol. The van der Waals surface area contributed by atoms with Gasteiger partial charge in [0.25, 0.3) is 0 Å². The van der Waals surface area contributed by atoms with Gasteiger partial charge in [0.05, 0.1) is 11.9 Å². The summed E-state index contributed by atoms with van der Waals surface area (Å²) in [6, 6.07) is 0.